The van der Waals surface area contributed by atoms with Crippen LogP contribution in [0, 0.1) is 17.2 Å². The van der Waals surface area contributed by atoms with Gasteiger partial charge in [-0.2, -0.15) is 20.6 Å². The predicted molar refractivity (Wildman–Crippen MR) is 339 cm³/mol. The van der Waals surface area contributed by atoms with Crippen molar-refractivity contribution in [2.75, 3.05) is 80.9 Å². The fourth-order valence-corrected chi connectivity index (χ4v) is 9.00. The van der Waals surface area contributed by atoms with Gasteiger partial charge in [-0.15, -0.1) is 0 Å². The highest BCUT2D eigenvalue weighted by molar-refractivity contribution is 5.67. The maximum Gasteiger partial charge on any atom is 0.270 e. The van der Waals surface area contributed by atoms with Gasteiger partial charge < -0.3 is 43.5 Å². The van der Waals surface area contributed by atoms with Crippen molar-refractivity contribution in [1.29, 1.82) is 5.26 Å². The van der Waals surface area contributed by atoms with Crippen LogP contribution in [-0.4, -0.2) is 137 Å². The molecular weight excluding hydrogens is 1080 g/mol. The third-order valence-electron chi connectivity index (χ3n) is 13.5. The number of aliphatic hydroxyl groups is 1. The minimum atomic E-state index is -3.01. The molecule has 4 aromatic carbocycles. The first kappa shape index (κ1) is 72.1. The number of halogens is 2. The van der Waals surface area contributed by atoms with Gasteiger partial charge in [-0.05, 0) is 157 Å². The van der Waals surface area contributed by atoms with Gasteiger partial charge in [0.25, 0.3) is 5.92 Å². The molecule has 0 bridgehead atoms. The second kappa shape index (κ2) is 38.7. The van der Waals surface area contributed by atoms with E-state index in [1.807, 2.05) is 94.0 Å². The molecule has 7 aromatic rings. The topological polar surface area (TPSA) is 186 Å². The number of aromatic amines is 3. The van der Waals surface area contributed by atoms with Crippen LogP contribution in [0.3, 0.4) is 0 Å². The van der Waals surface area contributed by atoms with Crippen LogP contribution in [0.4, 0.5) is 8.78 Å². The van der Waals surface area contributed by atoms with E-state index in [-0.39, 0.29) is 27.0 Å². The van der Waals surface area contributed by atoms with E-state index in [9.17, 15) is 13.9 Å². The summed E-state index contributed by atoms with van der Waals surface area (Å²) in [6.07, 6.45) is 12.8. The van der Waals surface area contributed by atoms with Gasteiger partial charge in [-0.1, -0.05) is 80.9 Å². The standard InChI is InChI=1S/C26H35N3O4.C23H35F2N3O2.C16H20N4.2CH4/c1-4-5-14-29(2)20-22-19-27-28-26(22)21-6-8-23(9-7-21)32-17-18-33-25-12-10-24(11-13-25)31-16-15-30-3;1-6-7-8-28(5)14-18-13-26-27-22(18)17-10-19(23(4,24)25)12-20(11-17)30-21(15-29)9-16(2)3;1-3-4-9-20(2)12-15-11-18-19-16(15)14-7-5-13(10-17)6-8-14;;/h6-13,19H,4-5,14-18,20H2,1-3H3,(H,27,28);10-13,16,21,29H,6-9,14-15H2,1-5H3,(H,26,27);5-8,11H,3-4,9,12H2,1-2H3,(H,18,19);2*1H4. The normalized spacial score (nSPS) is 11.5. The Kier molecular flexibility index (Phi) is 32.9. The molecule has 85 heavy (non-hydrogen) atoms. The van der Waals surface area contributed by atoms with E-state index >= 15 is 0 Å². The van der Waals surface area contributed by atoms with Gasteiger partial charge in [0.2, 0.25) is 0 Å². The zero-order valence-corrected chi connectivity index (χ0v) is 50.6. The van der Waals surface area contributed by atoms with E-state index in [0.29, 0.717) is 67.9 Å². The fourth-order valence-electron chi connectivity index (χ4n) is 9.00. The molecule has 1 unspecified atom stereocenters. The van der Waals surface area contributed by atoms with Gasteiger partial charge in [-0.3, -0.25) is 15.3 Å². The second-order valence-electron chi connectivity index (χ2n) is 21.5. The monoisotopic (exact) mass is 1180 g/mol. The predicted octanol–water partition coefficient (Wildman–Crippen LogP) is 14.5. The lowest BCUT2D eigenvalue weighted by Gasteiger charge is -2.21. The number of hydrogen-bond donors (Lipinski definition) is 4. The van der Waals surface area contributed by atoms with Crippen LogP contribution in [0.1, 0.15) is 129 Å². The van der Waals surface area contributed by atoms with Gasteiger partial charge >= 0.3 is 0 Å². The van der Waals surface area contributed by atoms with Crippen LogP contribution in [0.2, 0.25) is 0 Å². The number of aliphatic hydroxyl groups excluding tert-OH is 1. The molecular formula is C67H98F2N10O6. The van der Waals surface area contributed by atoms with Crippen molar-refractivity contribution in [2.45, 2.75) is 133 Å². The van der Waals surface area contributed by atoms with E-state index in [1.165, 1.54) is 48.9 Å². The maximum absolute atomic E-state index is 14.2. The first-order valence-corrected chi connectivity index (χ1v) is 29.1. The number of hydrogen-bond acceptors (Lipinski definition) is 13. The molecule has 3 aromatic heterocycles. The molecule has 0 aliphatic heterocycles. The highest BCUT2D eigenvalue weighted by Crippen LogP contribution is 2.36. The van der Waals surface area contributed by atoms with E-state index in [1.54, 1.807) is 19.4 Å². The van der Waals surface area contributed by atoms with Crippen LogP contribution in [0.5, 0.6) is 23.0 Å². The number of benzene rings is 4. The van der Waals surface area contributed by atoms with Gasteiger partial charge in [0.05, 0.1) is 60.5 Å². The van der Waals surface area contributed by atoms with E-state index in [0.717, 1.165) is 97.8 Å². The Morgan fingerprint density at radius 3 is 1.33 bits per heavy atom. The lowest BCUT2D eigenvalue weighted by molar-refractivity contribution is 0.0169. The van der Waals surface area contributed by atoms with Crippen LogP contribution < -0.4 is 18.9 Å². The zero-order valence-electron chi connectivity index (χ0n) is 50.6. The molecule has 4 N–H and O–H groups in total. The summed E-state index contributed by atoms with van der Waals surface area (Å²) in [5.74, 6) is 0.00988. The second-order valence-corrected chi connectivity index (χ2v) is 21.5. The lowest BCUT2D eigenvalue weighted by atomic mass is 10.0. The molecule has 0 amide bonds. The molecule has 0 aliphatic carbocycles. The summed E-state index contributed by atoms with van der Waals surface area (Å²) < 4.78 is 56.4. The van der Waals surface area contributed by atoms with Crippen molar-refractivity contribution in [3.63, 3.8) is 0 Å². The van der Waals surface area contributed by atoms with Crippen LogP contribution in [0.25, 0.3) is 33.8 Å². The van der Waals surface area contributed by atoms with Crippen LogP contribution in [0.15, 0.2) is 110 Å². The molecule has 3 heterocycles. The number of methoxy groups -OCH3 is 1. The number of nitriles is 1. The molecule has 0 aliphatic rings. The number of ether oxygens (including phenoxy) is 5. The zero-order chi connectivity index (χ0) is 60.0. The molecule has 466 valence electrons. The van der Waals surface area contributed by atoms with Crippen LogP contribution >= 0.6 is 0 Å². The molecule has 16 nitrogen and oxygen atoms in total. The third-order valence-corrected chi connectivity index (χ3v) is 13.5. The summed E-state index contributed by atoms with van der Waals surface area (Å²) in [6, 6.07) is 29.9. The highest BCUT2D eigenvalue weighted by Gasteiger charge is 2.27. The number of rotatable bonds is 33. The molecule has 18 heteroatoms. The van der Waals surface area contributed by atoms with Gasteiger partial charge in [0.15, 0.2) is 0 Å². The van der Waals surface area contributed by atoms with Crippen molar-refractivity contribution in [3.8, 4) is 62.8 Å². The Bertz CT molecular complexity index is 2920. The largest absolute Gasteiger partial charge is 0.491 e. The Morgan fingerprint density at radius 1 is 0.576 bits per heavy atom. The minimum absolute atomic E-state index is 0. The van der Waals surface area contributed by atoms with E-state index in [4.69, 9.17) is 28.9 Å². The number of aromatic nitrogens is 6. The minimum Gasteiger partial charge on any atom is -0.491 e. The summed E-state index contributed by atoms with van der Waals surface area (Å²) in [4.78, 5) is 6.83. The average molecular weight is 1180 g/mol. The lowest BCUT2D eigenvalue weighted by Crippen LogP contribution is -2.23. The fraction of sp³-hybridized carbons (Fsp3) is 0.493. The average Bonchev–Trinajstić information content (AvgIpc) is 4.48. The first-order valence-electron chi connectivity index (χ1n) is 29.1. The summed E-state index contributed by atoms with van der Waals surface area (Å²) >= 11 is 0. The van der Waals surface area contributed by atoms with Crippen LogP contribution in [-0.2, 0) is 30.3 Å². The van der Waals surface area contributed by atoms with Gasteiger partial charge in [-0.25, -0.2) is 8.78 Å². The van der Waals surface area contributed by atoms with Gasteiger partial charge in [0, 0.05) is 67.0 Å². The van der Waals surface area contributed by atoms with E-state index < -0.39 is 12.0 Å². The quantitative estimate of drug-likeness (QED) is 0.0285. The molecule has 0 radical (unpaired) electrons. The number of alkyl halides is 2. The highest BCUT2D eigenvalue weighted by atomic mass is 19.3. The molecule has 1 atom stereocenters. The molecule has 0 fully saturated rings. The Labute approximate surface area is 506 Å². The summed E-state index contributed by atoms with van der Waals surface area (Å²) in [5.41, 5.74) is 9.45. The SMILES string of the molecule is C.C.CCCCN(C)Cc1cn[nH]c1-c1cc(OC(CO)CC(C)C)cc(C(C)(F)F)c1.CCCCN(C)Cc1cn[nH]c1-c1ccc(C#N)cc1.CCCCN(C)Cc1cn[nH]c1-c1ccc(OCCOc2ccc(OCCOC)cc2)cc1. The summed E-state index contributed by atoms with van der Waals surface area (Å²) in [7, 11) is 7.97. The van der Waals surface area contributed by atoms with Gasteiger partial charge in [0.1, 0.15) is 48.9 Å². The third kappa shape index (κ3) is 25.2. The van der Waals surface area contributed by atoms with Crippen molar-refractivity contribution >= 4 is 0 Å². The van der Waals surface area contributed by atoms with Crippen molar-refractivity contribution < 1.29 is 37.6 Å². The molecule has 0 saturated carbocycles. The van der Waals surface area contributed by atoms with Crippen molar-refractivity contribution in [1.82, 2.24) is 45.3 Å². The Morgan fingerprint density at radius 2 is 0.965 bits per heavy atom. The molecule has 7 rings (SSSR count). The Hall–Kier alpha value is -7.14. The molecule has 0 saturated heterocycles. The van der Waals surface area contributed by atoms with E-state index in [2.05, 4.69) is 98.4 Å². The van der Waals surface area contributed by atoms with Crippen molar-refractivity contribution in [3.05, 3.63) is 137 Å². The number of nitrogens with one attached hydrogen (secondary N) is 3. The summed E-state index contributed by atoms with van der Waals surface area (Å²) in [6.45, 7) is 18.9. The number of nitrogens with zero attached hydrogens (tertiary/aromatic N) is 7. The maximum atomic E-state index is 14.2. The van der Waals surface area contributed by atoms with Crippen molar-refractivity contribution in [2.24, 2.45) is 5.92 Å². The number of H-pyrrole nitrogens is 3. The summed E-state index contributed by atoms with van der Waals surface area (Å²) in [5, 5.41) is 40.2. The number of unbranched alkanes of at least 4 members (excludes halogenated alkanes) is 3. The first-order chi connectivity index (χ1) is 40.1. The Balaban J connectivity index is 0.000000339. The smallest absolute Gasteiger partial charge is 0.270 e. The molecule has 0 spiro atoms.